The van der Waals surface area contributed by atoms with Gasteiger partial charge in [0.1, 0.15) is 73.0 Å². The number of halogens is 3. The molecule has 12 rings (SSSR count). The summed E-state index contributed by atoms with van der Waals surface area (Å²) in [4.78, 5) is 141. The van der Waals surface area contributed by atoms with Crippen molar-refractivity contribution < 1.29 is 217 Å². The van der Waals surface area contributed by atoms with Gasteiger partial charge in [-0.25, -0.2) is 61.5 Å². The molecule has 0 bridgehead atoms. The number of amides is 6. The van der Waals surface area contributed by atoms with Gasteiger partial charge in [0.05, 0.1) is 84.0 Å². The molecule has 0 spiro atoms. The zero-order valence-electron chi connectivity index (χ0n) is 50.7. The summed E-state index contributed by atoms with van der Waals surface area (Å²) in [5.41, 5.74) is 2.98. The van der Waals surface area contributed by atoms with Crippen molar-refractivity contribution in [1.29, 1.82) is 0 Å². The molecule has 33 nitrogen and oxygen atoms in total. The minimum Gasteiger partial charge on any atom is -0.790 e. The Kier molecular flexibility index (Phi) is 28.5. The number of aliphatic hydroxyl groups excluding tert-OH is 1. The van der Waals surface area contributed by atoms with Gasteiger partial charge in [0.15, 0.2) is 0 Å². The van der Waals surface area contributed by atoms with Crippen LogP contribution in [0, 0.1) is 17.5 Å². The number of benzene rings is 3. The van der Waals surface area contributed by atoms with E-state index >= 15 is 0 Å². The number of cyclic esters (lactones) is 6. The van der Waals surface area contributed by atoms with Crippen molar-refractivity contribution >= 4 is 93.2 Å². The molecular weight excluding hydrogens is 1360 g/mol. The molecular formula is C55H49F3N9Na3O24P2. The summed E-state index contributed by atoms with van der Waals surface area (Å²) >= 11 is 0. The zero-order chi connectivity index (χ0) is 66.7. The molecule has 3 N–H and O–H groups in total. The molecule has 3 aromatic carbocycles. The Hall–Kier alpha value is -6.87. The molecule has 96 heavy (non-hydrogen) atoms. The number of carbonyl (C=O) groups is 7. The number of hydrogen-bond acceptors (Lipinski definition) is 25. The molecule has 0 saturated carbocycles. The number of phosphoric ester groups is 2. The second kappa shape index (κ2) is 35.1. The Morgan fingerprint density at radius 1 is 0.500 bits per heavy atom. The number of ether oxygens (including phenoxy) is 6. The van der Waals surface area contributed by atoms with E-state index in [-0.39, 0.29) is 157 Å². The number of anilines is 6. The normalized spacial score (nSPS) is 17.9. The van der Waals surface area contributed by atoms with Crippen LogP contribution in [0.3, 0.4) is 0 Å². The largest absolute Gasteiger partial charge is 1.00 e. The molecule has 6 amide bonds. The molecule has 6 aliphatic heterocycles. The van der Waals surface area contributed by atoms with Crippen LogP contribution in [0.5, 0.6) is 0 Å². The van der Waals surface area contributed by atoms with Crippen molar-refractivity contribution in [3.05, 3.63) is 127 Å². The Bertz CT molecular complexity index is 3710. The number of hydrogen-bond donors (Lipinski definition) is 3. The number of aliphatic hydroxyl groups is 1. The van der Waals surface area contributed by atoms with Gasteiger partial charge in [-0.1, -0.05) is 0 Å². The summed E-state index contributed by atoms with van der Waals surface area (Å²) in [5.74, 6) is -0.557. The molecule has 6 saturated heterocycles. The van der Waals surface area contributed by atoms with E-state index in [0.717, 1.165) is 21.9 Å². The maximum absolute atomic E-state index is 14.8. The Morgan fingerprint density at radius 3 is 1.05 bits per heavy atom. The van der Waals surface area contributed by atoms with Gasteiger partial charge in [-0.2, -0.15) is 0 Å². The van der Waals surface area contributed by atoms with Crippen molar-refractivity contribution in [2.75, 3.05) is 108 Å². The van der Waals surface area contributed by atoms with Gasteiger partial charge in [0, 0.05) is 52.0 Å². The molecule has 0 unspecified atom stereocenters. The molecule has 3 aromatic heterocycles. The van der Waals surface area contributed by atoms with Crippen LogP contribution in [0.4, 0.5) is 76.5 Å². The molecule has 0 aliphatic carbocycles. The van der Waals surface area contributed by atoms with Gasteiger partial charge < -0.3 is 72.3 Å². The first kappa shape index (κ1) is 78.1. The van der Waals surface area contributed by atoms with Crippen LogP contribution in [-0.4, -0.2) is 170 Å². The fourth-order valence-corrected chi connectivity index (χ4v) is 10.2. The fourth-order valence-electron chi connectivity index (χ4n) is 9.46. The van der Waals surface area contributed by atoms with Crippen molar-refractivity contribution in [1.82, 2.24) is 15.0 Å². The van der Waals surface area contributed by atoms with Crippen molar-refractivity contribution in [2.45, 2.75) is 18.3 Å². The summed E-state index contributed by atoms with van der Waals surface area (Å²) in [7, 11) is -9.89. The molecule has 6 fully saturated rings. The SMILES string of the molecule is O=C1O[C@@H](CO)CN1c1ccc(-c2ccc(N3CCOC3=O)nc2)c(F)c1.O=C1O[C@@H](COP(=O)(O)O)CN1c1ccc(-c2ccc(N3CCOC3=O)nc2)c(F)c1.O=C1O[C@@H](COP(=O)([O-])[O-])CN1c1ccc(-c2ccc(N3CCOC3=O)nc2)c(F)c1.O=CO[O-].[Na+].[Na+].[Na+]. The molecule has 0 radical (unpaired) electrons. The molecule has 492 valence electrons. The van der Waals surface area contributed by atoms with E-state index in [9.17, 15) is 60.9 Å². The molecule has 6 aromatic rings. The average molecular weight is 1410 g/mol. The Morgan fingerprint density at radius 2 is 0.812 bits per heavy atom. The molecule has 9 heterocycles. The van der Waals surface area contributed by atoms with Gasteiger partial charge in [-0.05, 0) is 91.0 Å². The maximum Gasteiger partial charge on any atom is 1.00 e. The third kappa shape index (κ3) is 20.1. The summed E-state index contributed by atoms with van der Waals surface area (Å²) < 4.78 is 103. The van der Waals surface area contributed by atoms with Crippen LogP contribution in [-0.2, 0) is 56.3 Å². The fraction of sp³-hybridized carbons (Fsp3) is 0.273. The van der Waals surface area contributed by atoms with Gasteiger partial charge in [-0.15, -0.1) is 0 Å². The second-order valence-electron chi connectivity index (χ2n) is 19.8. The monoisotopic (exact) mass is 1410 g/mol. The standard InChI is InChI=1S/2C18H17FN3O8P.C18H16FN3O5.CH2O3.3Na/c2*19-15-7-12(22-9-13(30-18(22)24)10-29-31(25,26)27)2-3-14(15)11-1-4-16(20-8-11)21-5-6-28-17(21)23;19-15-7-12(22-9-13(10-23)27-18(22)25)2-3-14(15)11-1-4-16(20-8-11)21-5-6-26-17(21)24;2-1-4-3;;;/h2*1-4,7-8,13H,5-6,9-10H2,(H2,25,26,27);1-4,7-8,13,23H,5-6,9-10H2;1,3H;;;/q;;;;3*+1/p-3/t3*13-;;;;/m111..../s1. The van der Waals surface area contributed by atoms with E-state index in [2.05, 4.69) is 28.9 Å². The van der Waals surface area contributed by atoms with E-state index in [4.69, 9.17) is 53.4 Å². The minimum atomic E-state index is -5.20. The van der Waals surface area contributed by atoms with Crippen LogP contribution in [0.1, 0.15) is 0 Å². The summed E-state index contributed by atoms with van der Waals surface area (Å²) in [6.45, 7) is 0.491. The predicted octanol–water partition coefficient (Wildman–Crippen LogP) is -5.10. The zero-order valence-corrected chi connectivity index (χ0v) is 58.4. The number of phosphoric acid groups is 2. The molecule has 6 aliphatic rings. The van der Waals surface area contributed by atoms with E-state index in [0.29, 0.717) is 71.6 Å². The van der Waals surface area contributed by atoms with Gasteiger partial charge in [0.2, 0.25) is 0 Å². The number of rotatable bonds is 17. The van der Waals surface area contributed by atoms with Gasteiger partial charge in [0.25, 0.3) is 6.47 Å². The first-order chi connectivity index (χ1) is 44.4. The van der Waals surface area contributed by atoms with E-state index < -0.39 is 101 Å². The molecule has 3 atom stereocenters. The minimum absolute atomic E-state index is 0. The van der Waals surface area contributed by atoms with Crippen molar-refractivity contribution in [3.63, 3.8) is 0 Å². The van der Waals surface area contributed by atoms with Crippen LogP contribution >= 0.6 is 15.6 Å². The quantitative estimate of drug-likeness (QED) is 0.0192. The third-order valence-electron chi connectivity index (χ3n) is 13.8. The maximum atomic E-state index is 14.8. The number of pyridine rings is 3. The third-order valence-corrected chi connectivity index (χ3v) is 14.7. The summed E-state index contributed by atoms with van der Waals surface area (Å²) in [6.07, 6.45) is -1.85. The van der Waals surface area contributed by atoms with E-state index in [1.165, 1.54) is 68.5 Å². The first-order valence-electron chi connectivity index (χ1n) is 27.2. The Labute approximate surface area is 607 Å². The summed E-state index contributed by atoms with van der Waals surface area (Å²) in [5, 5.41) is 17.5. The van der Waals surface area contributed by atoms with Crippen molar-refractivity contribution in [2.24, 2.45) is 0 Å². The van der Waals surface area contributed by atoms with E-state index in [1.54, 1.807) is 48.5 Å². The van der Waals surface area contributed by atoms with Crippen molar-refractivity contribution in [3.8, 4) is 33.4 Å². The van der Waals surface area contributed by atoms with Crippen LogP contribution < -0.4 is 133 Å². The first-order valence-corrected chi connectivity index (χ1v) is 30.1. The second-order valence-corrected chi connectivity index (χ2v) is 22.2. The predicted molar refractivity (Wildman–Crippen MR) is 304 cm³/mol. The average Bonchev–Trinajstić information content (AvgIpc) is 1.44. The number of nitrogens with zero attached hydrogens (tertiary/aromatic N) is 9. The Balaban J connectivity index is 0.000000218. The number of carbonyl (C=O) groups excluding carboxylic acids is 7. The number of aromatic nitrogens is 3. The van der Waals surface area contributed by atoms with E-state index in [1.807, 2.05) is 0 Å². The van der Waals surface area contributed by atoms with Crippen LogP contribution in [0.15, 0.2) is 110 Å². The van der Waals surface area contributed by atoms with Crippen LogP contribution in [0.2, 0.25) is 0 Å². The smallest absolute Gasteiger partial charge is 0.790 e. The summed E-state index contributed by atoms with van der Waals surface area (Å²) in [6, 6.07) is 22.2. The molecule has 41 heteroatoms. The van der Waals surface area contributed by atoms with Gasteiger partial charge >= 0.3 is 133 Å². The van der Waals surface area contributed by atoms with Gasteiger partial charge in [-0.3, -0.25) is 38.7 Å². The topological polar surface area (TPSA) is 425 Å². The van der Waals surface area contributed by atoms with Crippen LogP contribution in [0.25, 0.3) is 33.4 Å².